The molecule has 0 spiro atoms. The van der Waals surface area contributed by atoms with Crippen LogP contribution in [0.2, 0.25) is 0 Å². The van der Waals surface area contributed by atoms with Gasteiger partial charge in [-0.15, -0.1) is 0 Å². The molecule has 4 rings (SSSR count). The number of hydrogen-bond donors (Lipinski definition) is 2. The Kier molecular flexibility index (Phi) is 3.66. The smallest absolute Gasteiger partial charge is 0.152 e. The van der Waals surface area contributed by atoms with Gasteiger partial charge < -0.3 is 10.8 Å². The third-order valence-electron chi connectivity index (χ3n) is 4.71. The van der Waals surface area contributed by atoms with Gasteiger partial charge in [0.2, 0.25) is 0 Å². The summed E-state index contributed by atoms with van der Waals surface area (Å²) in [6.07, 6.45) is 0.184. The van der Waals surface area contributed by atoms with Crippen LogP contribution in [0.25, 0.3) is 21.8 Å². The van der Waals surface area contributed by atoms with E-state index in [1.165, 1.54) is 5.56 Å². The molecule has 0 aliphatic carbocycles. The van der Waals surface area contributed by atoms with Gasteiger partial charge in [0.15, 0.2) is 5.82 Å². The second-order valence-corrected chi connectivity index (χ2v) is 6.24. The van der Waals surface area contributed by atoms with Crippen LogP contribution in [0.1, 0.15) is 29.8 Å². The number of aromatic nitrogens is 3. The molecular weight excluding hydrogens is 312 g/mol. The predicted octanol–water partition coefficient (Wildman–Crippen LogP) is 3.35. The van der Waals surface area contributed by atoms with Crippen molar-refractivity contribution < 1.29 is 5.11 Å². The molecule has 2 aromatic carbocycles. The highest BCUT2D eigenvalue weighted by Crippen LogP contribution is 2.35. The Bertz CT molecular complexity index is 1070. The van der Waals surface area contributed by atoms with Crippen LogP contribution in [-0.2, 0) is 13.5 Å². The Morgan fingerprint density at radius 3 is 2.56 bits per heavy atom. The van der Waals surface area contributed by atoms with E-state index in [0.29, 0.717) is 11.3 Å². The lowest BCUT2D eigenvalue weighted by molar-refractivity contribution is 0.211. The summed E-state index contributed by atoms with van der Waals surface area (Å²) in [4.78, 5) is 4.43. The van der Waals surface area contributed by atoms with Crippen LogP contribution >= 0.6 is 0 Å². The molecular formula is C20H20N4O. The minimum atomic E-state index is -0.786. The molecule has 2 aromatic heterocycles. The van der Waals surface area contributed by atoms with Gasteiger partial charge in [-0.05, 0) is 23.6 Å². The molecule has 1 unspecified atom stereocenters. The lowest BCUT2D eigenvalue weighted by Gasteiger charge is -2.13. The summed E-state index contributed by atoms with van der Waals surface area (Å²) >= 11 is 0. The van der Waals surface area contributed by atoms with Gasteiger partial charge in [-0.2, -0.15) is 5.10 Å². The van der Waals surface area contributed by atoms with E-state index in [4.69, 9.17) is 5.73 Å². The molecule has 126 valence electrons. The number of nitrogens with zero attached hydrogens (tertiary/aromatic N) is 3. The topological polar surface area (TPSA) is 77.0 Å². The quantitative estimate of drug-likeness (QED) is 0.603. The van der Waals surface area contributed by atoms with Crippen molar-refractivity contribution in [3.8, 4) is 0 Å². The fraction of sp³-hybridized carbons (Fsp3) is 0.200. The molecule has 1 atom stereocenters. The van der Waals surface area contributed by atoms with Gasteiger partial charge in [0.25, 0.3) is 0 Å². The molecule has 0 saturated heterocycles. The third kappa shape index (κ3) is 2.44. The largest absolute Gasteiger partial charge is 0.382 e. The number of anilines is 1. The molecule has 4 aromatic rings. The number of benzene rings is 2. The number of hydrogen-bond acceptors (Lipinski definition) is 4. The zero-order valence-electron chi connectivity index (χ0n) is 14.3. The Morgan fingerprint density at radius 2 is 1.84 bits per heavy atom. The van der Waals surface area contributed by atoms with Crippen LogP contribution in [0, 0.1) is 0 Å². The number of aliphatic hydroxyl groups is 1. The minimum absolute atomic E-state index is 0.379. The number of nitrogens with two attached hydrogens (primary N) is 1. The summed E-state index contributed by atoms with van der Waals surface area (Å²) in [5.41, 5.74) is 10.3. The van der Waals surface area contributed by atoms with Crippen molar-refractivity contribution in [3.05, 3.63) is 65.4 Å². The van der Waals surface area contributed by atoms with Gasteiger partial charge >= 0.3 is 0 Å². The van der Waals surface area contributed by atoms with Crippen molar-refractivity contribution >= 4 is 27.6 Å². The van der Waals surface area contributed by atoms with Crippen LogP contribution in [0.5, 0.6) is 0 Å². The average molecular weight is 332 g/mol. The molecule has 0 aliphatic rings. The Labute approximate surface area is 145 Å². The second kappa shape index (κ2) is 5.86. The van der Waals surface area contributed by atoms with E-state index in [9.17, 15) is 5.11 Å². The van der Waals surface area contributed by atoms with Gasteiger partial charge in [-0.25, -0.2) is 4.98 Å². The van der Waals surface area contributed by atoms with E-state index in [1.807, 2.05) is 55.6 Å². The summed E-state index contributed by atoms with van der Waals surface area (Å²) in [5, 5.41) is 17.4. The highest BCUT2D eigenvalue weighted by Gasteiger charge is 2.22. The van der Waals surface area contributed by atoms with Crippen LogP contribution in [0.4, 0.5) is 5.82 Å². The monoisotopic (exact) mass is 332 g/mol. The maximum absolute atomic E-state index is 11.1. The standard InChI is InChI=1S/C20H20N4O/c1-3-12-8-10-13(11-9-12)19(25)18-16-14-6-4-5-7-15(14)22-20(21)17(16)23-24(18)2/h4-11,19,25H,3H2,1-2H3,(H2,21,22). The van der Waals surface area contributed by atoms with Crippen molar-refractivity contribution in [2.75, 3.05) is 5.73 Å². The summed E-state index contributed by atoms with van der Waals surface area (Å²) in [6, 6.07) is 15.8. The summed E-state index contributed by atoms with van der Waals surface area (Å²) in [7, 11) is 1.83. The fourth-order valence-corrected chi connectivity index (χ4v) is 3.35. The number of fused-ring (bicyclic) bond motifs is 3. The van der Waals surface area contributed by atoms with E-state index < -0.39 is 6.10 Å². The first kappa shape index (κ1) is 15.6. The van der Waals surface area contributed by atoms with Crippen molar-refractivity contribution in [1.82, 2.24) is 14.8 Å². The summed E-state index contributed by atoms with van der Waals surface area (Å²) < 4.78 is 1.70. The van der Waals surface area contributed by atoms with E-state index in [0.717, 1.165) is 34.0 Å². The number of aryl methyl sites for hydroxylation is 2. The van der Waals surface area contributed by atoms with E-state index in [2.05, 4.69) is 17.0 Å². The molecule has 0 saturated carbocycles. The van der Waals surface area contributed by atoms with Gasteiger partial charge in [0.05, 0.1) is 11.2 Å². The first-order valence-corrected chi connectivity index (χ1v) is 8.38. The highest BCUT2D eigenvalue weighted by atomic mass is 16.3. The maximum Gasteiger partial charge on any atom is 0.152 e. The van der Waals surface area contributed by atoms with Crippen LogP contribution < -0.4 is 5.73 Å². The van der Waals surface area contributed by atoms with Gasteiger partial charge in [-0.1, -0.05) is 49.4 Å². The summed E-state index contributed by atoms with van der Waals surface area (Å²) in [5.74, 6) is 0.379. The highest BCUT2D eigenvalue weighted by molar-refractivity contribution is 6.09. The zero-order chi connectivity index (χ0) is 17.6. The number of pyridine rings is 1. The molecule has 0 radical (unpaired) electrons. The SMILES string of the molecule is CCc1ccc(C(O)c2c3c(nn2C)c(N)nc2ccccc23)cc1. The van der Waals surface area contributed by atoms with Crippen molar-refractivity contribution in [1.29, 1.82) is 0 Å². The lowest BCUT2D eigenvalue weighted by Crippen LogP contribution is -2.07. The second-order valence-electron chi connectivity index (χ2n) is 6.24. The Balaban J connectivity index is 1.98. The van der Waals surface area contributed by atoms with Gasteiger partial charge in [0, 0.05) is 17.8 Å². The van der Waals surface area contributed by atoms with Crippen molar-refractivity contribution in [2.24, 2.45) is 7.05 Å². The molecule has 0 amide bonds. The normalized spacial score (nSPS) is 12.8. The maximum atomic E-state index is 11.1. The number of nitrogen functional groups attached to an aromatic ring is 1. The van der Waals surface area contributed by atoms with E-state index >= 15 is 0 Å². The molecule has 0 aliphatic heterocycles. The first-order chi connectivity index (χ1) is 12.1. The Morgan fingerprint density at radius 1 is 1.12 bits per heavy atom. The molecule has 3 N–H and O–H groups in total. The Hall–Kier alpha value is -2.92. The van der Waals surface area contributed by atoms with Gasteiger partial charge in [0.1, 0.15) is 11.6 Å². The zero-order valence-corrected chi connectivity index (χ0v) is 14.3. The average Bonchev–Trinajstić information content (AvgIpc) is 2.99. The molecule has 5 nitrogen and oxygen atoms in total. The van der Waals surface area contributed by atoms with Crippen LogP contribution in [0.3, 0.4) is 0 Å². The van der Waals surface area contributed by atoms with Crippen molar-refractivity contribution in [3.63, 3.8) is 0 Å². The number of para-hydroxylation sites is 1. The van der Waals surface area contributed by atoms with E-state index in [-0.39, 0.29) is 0 Å². The lowest BCUT2D eigenvalue weighted by atomic mass is 9.99. The number of rotatable bonds is 3. The molecule has 25 heavy (non-hydrogen) atoms. The summed E-state index contributed by atoms with van der Waals surface area (Å²) in [6.45, 7) is 2.11. The molecule has 2 heterocycles. The van der Waals surface area contributed by atoms with Crippen LogP contribution in [0.15, 0.2) is 48.5 Å². The van der Waals surface area contributed by atoms with Crippen LogP contribution in [-0.4, -0.2) is 19.9 Å². The van der Waals surface area contributed by atoms with Crippen molar-refractivity contribution in [2.45, 2.75) is 19.4 Å². The molecule has 0 fully saturated rings. The molecule has 5 heteroatoms. The molecule has 0 bridgehead atoms. The first-order valence-electron chi connectivity index (χ1n) is 8.38. The third-order valence-corrected chi connectivity index (χ3v) is 4.71. The predicted molar refractivity (Wildman–Crippen MR) is 100 cm³/mol. The number of aliphatic hydroxyl groups excluding tert-OH is 1. The van der Waals surface area contributed by atoms with Gasteiger partial charge in [-0.3, -0.25) is 4.68 Å². The van der Waals surface area contributed by atoms with E-state index in [1.54, 1.807) is 4.68 Å². The minimum Gasteiger partial charge on any atom is -0.382 e. The fourth-order valence-electron chi connectivity index (χ4n) is 3.35.